The smallest absolute Gasteiger partial charge is 0.263 e. The van der Waals surface area contributed by atoms with E-state index in [1.54, 1.807) is 0 Å². The molecule has 6 nitrogen and oxygen atoms in total. The molecule has 0 spiro atoms. The average Bonchev–Trinajstić information content (AvgIpc) is 1.99. The van der Waals surface area contributed by atoms with E-state index in [2.05, 4.69) is 0 Å². The number of hydrogen-bond acceptors (Lipinski definition) is 4. The minimum absolute atomic E-state index is 0.0553. The highest BCUT2D eigenvalue weighted by molar-refractivity contribution is 6.28. The zero-order valence-electron chi connectivity index (χ0n) is 7.05. The van der Waals surface area contributed by atoms with Gasteiger partial charge in [0.2, 0.25) is 11.8 Å². The van der Waals surface area contributed by atoms with Crippen molar-refractivity contribution in [2.45, 2.75) is 12.8 Å². The number of carbonyl (C=O) groups excluding carboxylic acids is 4. The molecule has 0 aromatic heterocycles. The lowest BCUT2D eigenvalue weighted by molar-refractivity contribution is -0.133. The normalized spacial score (nSPS) is 21.7. The van der Waals surface area contributed by atoms with Gasteiger partial charge in [-0.2, -0.15) is 0 Å². The van der Waals surface area contributed by atoms with Crippen molar-refractivity contribution in [3.63, 3.8) is 0 Å². The largest absolute Gasteiger partial charge is 0.292 e. The van der Waals surface area contributed by atoms with Crippen LogP contribution in [-0.2, 0) is 19.2 Å². The van der Waals surface area contributed by atoms with Gasteiger partial charge in [-0.25, -0.2) is 0 Å². The first-order valence-electron chi connectivity index (χ1n) is 3.98. The van der Waals surface area contributed by atoms with Crippen molar-refractivity contribution in [1.29, 1.82) is 0 Å². The molecule has 0 aliphatic carbocycles. The van der Waals surface area contributed by atoms with E-state index in [-0.39, 0.29) is 18.4 Å². The number of nitrogens with one attached hydrogen (secondary N) is 2. The highest BCUT2D eigenvalue weighted by atomic mass is 16.2. The predicted octanol–water partition coefficient (Wildman–Crippen LogP) is -1.62. The molecular formula is C8H6N2O4. The number of hydrogen-bond donors (Lipinski definition) is 2. The van der Waals surface area contributed by atoms with Crippen LogP contribution >= 0.6 is 0 Å². The van der Waals surface area contributed by atoms with E-state index in [1.807, 2.05) is 10.6 Å². The fourth-order valence-corrected chi connectivity index (χ4v) is 1.52. The van der Waals surface area contributed by atoms with Crippen molar-refractivity contribution in [3.8, 4) is 0 Å². The summed E-state index contributed by atoms with van der Waals surface area (Å²) >= 11 is 0. The van der Waals surface area contributed by atoms with Crippen molar-refractivity contribution in [2.24, 2.45) is 0 Å². The van der Waals surface area contributed by atoms with Gasteiger partial charge in [0.25, 0.3) is 11.8 Å². The van der Waals surface area contributed by atoms with Crippen LogP contribution in [0, 0.1) is 0 Å². The molecular weight excluding hydrogens is 188 g/mol. The van der Waals surface area contributed by atoms with E-state index >= 15 is 0 Å². The Morgan fingerprint density at radius 1 is 0.786 bits per heavy atom. The fraction of sp³-hybridized carbons (Fsp3) is 0.250. The molecule has 72 valence electrons. The monoisotopic (exact) mass is 194 g/mol. The van der Waals surface area contributed by atoms with Gasteiger partial charge in [-0.15, -0.1) is 0 Å². The van der Waals surface area contributed by atoms with Gasteiger partial charge in [0, 0.05) is 12.8 Å². The van der Waals surface area contributed by atoms with E-state index in [0.717, 1.165) is 0 Å². The quantitative estimate of drug-likeness (QED) is 0.358. The summed E-state index contributed by atoms with van der Waals surface area (Å²) in [5.41, 5.74) is 0.219. The Kier molecular flexibility index (Phi) is 1.70. The van der Waals surface area contributed by atoms with E-state index in [0.29, 0.717) is 5.57 Å². The van der Waals surface area contributed by atoms with Crippen LogP contribution in [0.4, 0.5) is 0 Å². The Balaban J connectivity index is 2.47. The lowest BCUT2D eigenvalue weighted by Gasteiger charge is -2.22. The van der Waals surface area contributed by atoms with Crippen LogP contribution in [0.2, 0.25) is 0 Å². The van der Waals surface area contributed by atoms with Crippen molar-refractivity contribution in [3.05, 3.63) is 11.1 Å². The Morgan fingerprint density at radius 3 is 1.64 bits per heavy atom. The van der Waals surface area contributed by atoms with Crippen LogP contribution in [0.15, 0.2) is 11.1 Å². The standard InChI is InChI=1S/C8H6N2O4/c11-4-1-3-2-5(12)10-8(14)6(3)7(13)9-4/h1-2H2,(H,9,11,13)(H,10,12,14). The number of amides is 4. The molecule has 0 saturated carbocycles. The molecule has 0 bridgehead atoms. The molecule has 0 saturated heterocycles. The van der Waals surface area contributed by atoms with Crippen LogP contribution in [0.25, 0.3) is 0 Å². The molecule has 2 aliphatic heterocycles. The van der Waals surface area contributed by atoms with Gasteiger partial charge in [0.1, 0.15) is 5.57 Å². The van der Waals surface area contributed by atoms with Crippen molar-refractivity contribution < 1.29 is 19.2 Å². The highest BCUT2D eigenvalue weighted by Gasteiger charge is 2.35. The third-order valence-electron chi connectivity index (χ3n) is 2.06. The summed E-state index contributed by atoms with van der Waals surface area (Å²) in [4.78, 5) is 44.3. The Labute approximate surface area is 78.3 Å². The van der Waals surface area contributed by atoms with Gasteiger partial charge in [0.15, 0.2) is 0 Å². The number of carbonyl (C=O) groups is 4. The summed E-state index contributed by atoms with van der Waals surface area (Å²) in [5.74, 6) is -2.39. The SMILES string of the molecule is O=C1CC2=C(C(=O)N1)C(=O)NC(=O)C2. The molecule has 0 aromatic carbocycles. The molecule has 0 unspecified atom stereocenters. The van der Waals surface area contributed by atoms with E-state index in [9.17, 15) is 19.2 Å². The van der Waals surface area contributed by atoms with Crippen LogP contribution in [0.3, 0.4) is 0 Å². The van der Waals surface area contributed by atoms with Crippen molar-refractivity contribution in [2.75, 3.05) is 0 Å². The second-order valence-corrected chi connectivity index (χ2v) is 3.09. The summed E-state index contributed by atoms with van der Waals surface area (Å²) in [7, 11) is 0. The molecule has 0 radical (unpaired) electrons. The molecule has 2 heterocycles. The van der Waals surface area contributed by atoms with E-state index in [1.165, 1.54) is 0 Å². The topological polar surface area (TPSA) is 92.3 Å². The maximum atomic E-state index is 11.2. The summed E-state index contributed by atoms with van der Waals surface area (Å²) in [6.45, 7) is 0. The lowest BCUT2D eigenvalue weighted by atomic mass is 9.93. The molecule has 14 heavy (non-hydrogen) atoms. The maximum absolute atomic E-state index is 11.2. The van der Waals surface area contributed by atoms with E-state index in [4.69, 9.17) is 0 Å². The van der Waals surface area contributed by atoms with Crippen molar-refractivity contribution in [1.82, 2.24) is 10.6 Å². The van der Waals surface area contributed by atoms with Gasteiger partial charge in [-0.3, -0.25) is 29.8 Å². The molecule has 0 fully saturated rings. The lowest BCUT2D eigenvalue weighted by Crippen LogP contribution is -2.47. The summed E-state index contributed by atoms with van der Waals surface area (Å²) in [6.07, 6.45) is -0.111. The maximum Gasteiger partial charge on any atom is 0.263 e. The molecule has 2 aliphatic rings. The summed E-state index contributed by atoms with van der Waals surface area (Å²) in [5, 5.41) is 4.03. The molecule has 2 N–H and O–H groups in total. The van der Waals surface area contributed by atoms with Crippen LogP contribution in [0.1, 0.15) is 12.8 Å². The molecule has 2 rings (SSSR count). The van der Waals surface area contributed by atoms with Crippen molar-refractivity contribution >= 4 is 23.6 Å². The van der Waals surface area contributed by atoms with Gasteiger partial charge in [-0.05, 0) is 5.57 Å². The van der Waals surface area contributed by atoms with Crippen LogP contribution in [-0.4, -0.2) is 23.6 Å². The minimum atomic E-state index is -0.721. The predicted molar refractivity (Wildman–Crippen MR) is 42.6 cm³/mol. The number of rotatable bonds is 0. The minimum Gasteiger partial charge on any atom is -0.292 e. The molecule has 0 aromatic rings. The first-order valence-corrected chi connectivity index (χ1v) is 3.98. The number of imide groups is 2. The molecule has 6 heteroatoms. The zero-order chi connectivity index (χ0) is 10.3. The average molecular weight is 194 g/mol. The Hall–Kier alpha value is -1.98. The van der Waals surface area contributed by atoms with Gasteiger partial charge in [0.05, 0.1) is 0 Å². The second-order valence-electron chi connectivity index (χ2n) is 3.09. The van der Waals surface area contributed by atoms with Crippen LogP contribution < -0.4 is 10.6 Å². The fourth-order valence-electron chi connectivity index (χ4n) is 1.52. The zero-order valence-corrected chi connectivity index (χ0v) is 7.05. The first kappa shape index (κ1) is 8.61. The molecule has 0 atom stereocenters. The Bertz CT molecular complexity index is 372. The summed E-state index contributed by atoms with van der Waals surface area (Å²) in [6, 6.07) is 0. The van der Waals surface area contributed by atoms with Gasteiger partial charge in [-0.1, -0.05) is 0 Å². The van der Waals surface area contributed by atoms with E-state index < -0.39 is 23.6 Å². The first-order chi connectivity index (χ1) is 6.58. The van der Waals surface area contributed by atoms with Gasteiger partial charge >= 0.3 is 0 Å². The summed E-state index contributed by atoms with van der Waals surface area (Å²) < 4.78 is 0. The third kappa shape index (κ3) is 1.20. The van der Waals surface area contributed by atoms with Gasteiger partial charge < -0.3 is 0 Å². The third-order valence-corrected chi connectivity index (χ3v) is 2.06. The molecule has 4 amide bonds. The van der Waals surface area contributed by atoms with Crippen LogP contribution in [0.5, 0.6) is 0 Å². The highest BCUT2D eigenvalue weighted by Crippen LogP contribution is 2.21. The second kappa shape index (κ2) is 2.76. The Morgan fingerprint density at radius 2 is 1.21 bits per heavy atom.